The monoisotopic (exact) mass is 419 g/mol. The average Bonchev–Trinajstić information content (AvgIpc) is 2.64. The summed E-state index contributed by atoms with van der Waals surface area (Å²) in [7, 11) is 1.53. The first-order chi connectivity index (χ1) is 12.5. The number of benzene rings is 2. The van der Waals surface area contributed by atoms with E-state index in [9.17, 15) is 9.59 Å². The fourth-order valence-electron chi connectivity index (χ4n) is 2.10. The zero-order valence-electron chi connectivity index (χ0n) is 14.1. The van der Waals surface area contributed by atoms with E-state index in [-0.39, 0.29) is 0 Å². The lowest BCUT2D eigenvalue weighted by atomic mass is 10.2. The number of carbonyl (C=O) groups excluding carboxylic acids is 1. The lowest BCUT2D eigenvalue weighted by Gasteiger charge is -2.13. The Balaban J connectivity index is 2.10. The molecule has 0 atom stereocenters. The summed E-state index contributed by atoms with van der Waals surface area (Å²) in [4.78, 5) is 22.0. The zero-order valence-corrected chi connectivity index (χ0v) is 15.7. The number of carbonyl (C=O) groups is 2. The Morgan fingerprint density at radius 2 is 1.96 bits per heavy atom. The van der Waals surface area contributed by atoms with Crippen molar-refractivity contribution in [2.75, 3.05) is 13.7 Å². The number of carboxylic acids is 1. The second-order valence-corrected chi connectivity index (χ2v) is 6.11. The van der Waals surface area contributed by atoms with Crippen molar-refractivity contribution in [3.05, 3.63) is 64.1 Å². The number of methoxy groups -OCH3 is 1. The van der Waals surface area contributed by atoms with E-state index in [0.29, 0.717) is 28.1 Å². The van der Waals surface area contributed by atoms with Crippen molar-refractivity contribution in [2.24, 2.45) is 0 Å². The van der Waals surface area contributed by atoms with Crippen LogP contribution in [0.1, 0.15) is 11.1 Å². The molecule has 0 aliphatic carbocycles. The van der Waals surface area contributed by atoms with Gasteiger partial charge in [-0.2, -0.15) is 0 Å². The summed E-state index contributed by atoms with van der Waals surface area (Å²) in [6.45, 7) is -0.0367. The Morgan fingerprint density at radius 3 is 2.62 bits per heavy atom. The van der Waals surface area contributed by atoms with Crippen molar-refractivity contribution >= 4 is 33.9 Å². The topological polar surface area (TPSA) is 84.9 Å². The van der Waals surface area contributed by atoms with Gasteiger partial charge in [0.05, 0.1) is 11.6 Å². The molecule has 0 aliphatic heterocycles. The van der Waals surface area contributed by atoms with Gasteiger partial charge in [-0.25, -0.2) is 0 Å². The fourth-order valence-corrected chi connectivity index (χ4v) is 2.67. The van der Waals surface area contributed by atoms with Gasteiger partial charge in [-0.1, -0.05) is 30.3 Å². The molecular formula is C19H18BrNO5. The van der Waals surface area contributed by atoms with Crippen LogP contribution in [0, 0.1) is 0 Å². The number of rotatable bonds is 8. The number of carboxylic acid groups (broad SMARTS) is 1. The fraction of sp³-hybridized carbons (Fsp3) is 0.158. The van der Waals surface area contributed by atoms with Gasteiger partial charge in [0.1, 0.15) is 13.2 Å². The molecule has 0 saturated carbocycles. The van der Waals surface area contributed by atoms with Crippen LogP contribution < -0.4 is 14.8 Å². The number of ether oxygens (including phenoxy) is 2. The number of halogens is 1. The maximum Gasteiger partial charge on any atom is 0.322 e. The molecule has 0 unspecified atom stereocenters. The second kappa shape index (κ2) is 9.62. The molecule has 0 radical (unpaired) electrons. The van der Waals surface area contributed by atoms with Gasteiger partial charge in [-0.3, -0.25) is 9.59 Å². The molecule has 0 saturated heterocycles. The van der Waals surface area contributed by atoms with E-state index in [4.69, 9.17) is 14.6 Å². The van der Waals surface area contributed by atoms with Crippen molar-refractivity contribution in [3.8, 4) is 11.5 Å². The highest BCUT2D eigenvalue weighted by Crippen LogP contribution is 2.37. The van der Waals surface area contributed by atoms with Crippen LogP contribution in [0.2, 0.25) is 0 Å². The van der Waals surface area contributed by atoms with Crippen LogP contribution in [-0.2, 0) is 16.2 Å². The van der Waals surface area contributed by atoms with Crippen molar-refractivity contribution in [1.82, 2.24) is 5.32 Å². The quantitative estimate of drug-likeness (QED) is 0.641. The smallest absolute Gasteiger partial charge is 0.322 e. The van der Waals surface area contributed by atoms with Crippen LogP contribution in [0.25, 0.3) is 6.08 Å². The van der Waals surface area contributed by atoms with Gasteiger partial charge in [0.25, 0.3) is 0 Å². The molecule has 26 heavy (non-hydrogen) atoms. The molecule has 0 heterocycles. The number of hydrogen-bond acceptors (Lipinski definition) is 4. The van der Waals surface area contributed by atoms with Gasteiger partial charge in [0.15, 0.2) is 11.5 Å². The van der Waals surface area contributed by atoms with Crippen LogP contribution in [0.4, 0.5) is 0 Å². The molecule has 2 N–H and O–H groups in total. The molecule has 2 aromatic rings. The minimum Gasteiger partial charge on any atom is -0.493 e. The van der Waals surface area contributed by atoms with Crippen molar-refractivity contribution < 1.29 is 24.2 Å². The molecule has 136 valence electrons. The highest BCUT2D eigenvalue weighted by atomic mass is 79.9. The Morgan fingerprint density at radius 1 is 1.23 bits per heavy atom. The SMILES string of the molecule is COc1cc(/C=C/C(=O)NCC(=O)O)cc(Br)c1OCc1ccccc1. The molecule has 2 rings (SSSR count). The lowest BCUT2D eigenvalue weighted by molar-refractivity contribution is -0.137. The maximum atomic E-state index is 11.6. The van der Waals surface area contributed by atoms with Crippen LogP contribution in [0.5, 0.6) is 11.5 Å². The first kappa shape index (κ1) is 19.5. The van der Waals surface area contributed by atoms with Gasteiger partial charge in [-0.15, -0.1) is 0 Å². The van der Waals surface area contributed by atoms with Crippen molar-refractivity contribution in [3.63, 3.8) is 0 Å². The predicted octanol–water partition coefficient (Wildman–Crippen LogP) is 3.25. The van der Waals surface area contributed by atoms with Gasteiger partial charge in [0.2, 0.25) is 5.91 Å². The van der Waals surface area contributed by atoms with E-state index >= 15 is 0 Å². The highest BCUT2D eigenvalue weighted by molar-refractivity contribution is 9.10. The summed E-state index contributed by atoms with van der Waals surface area (Å²) in [5.41, 5.74) is 1.73. The summed E-state index contributed by atoms with van der Waals surface area (Å²) in [6, 6.07) is 13.3. The number of hydrogen-bond donors (Lipinski definition) is 2. The third-order valence-electron chi connectivity index (χ3n) is 3.32. The second-order valence-electron chi connectivity index (χ2n) is 5.25. The lowest BCUT2D eigenvalue weighted by Crippen LogP contribution is -2.27. The van der Waals surface area contributed by atoms with E-state index in [0.717, 1.165) is 5.56 Å². The van der Waals surface area contributed by atoms with Crippen LogP contribution in [-0.4, -0.2) is 30.6 Å². The first-order valence-corrected chi connectivity index (χ1v) is 8.51. The summed E-state index contributed by atoms with van der Waals surface area (Å²) < 4.78 is 11.9. The molecule has 6 nitrogen and oxygen atoms in total. The van der Waals surface area contributed by atoms with Gasteiger partial charge < -0.3 is 19.9 Å². The number of nitrogens with one attached hydrogen (secondary N) is 1. The van der Waals surface area contributed by atoms with Crippen LogP contribution in [0.3, 0.4) is 0 Å². The molecule has 0 bridgehead atoms. The Kier molecular flexibility index (Phi) is 7.23. The minimum absolute atomic E-state index is 0.391. The van der Waals surface area contributed by atoms with E-state index < -0.39 is 18.4 Å². The third-order valence-corrected chi connectivity index (χ3v) is 3.91. The minimum atomic E-state index is -1.10. The Bertz CT molecular complexity index is 805. The summed E-state index contributed by atoms with van der Waals surface area (Å²) in [5.74, 6) is -0.521. The Labute approximate surface area is 159 Å². The van der Waals surface area contributed by atoms with Crippen LogP contribution in [0.15, 0.2) is 53.0 Å². The molecule has 0 spiro atoms. The van der Waals surface area contributed by atoms with Crippen LogP contribution >= 0.6 is 15.9 Å². The van der Waals surface area contributed by atoms with Gasteiger partial charge in [0, 0.05) is 6.08 Å². The standard InChI is InChI=1S/C19H18BrNO5/c1-25-16-10-14(7-8-17(22)21-11-18(23)24)9-15(20)19(16)26-12-13-5-3-2-4-6-13/h2-10H,11-12H2,1H3,(H,21,22)(H,23,24)/b8-7+. The summed E-state index contributed by atoms with van der Waals surface area (Å²) >= 11 is 3.45. The van der Waals surface area contributed by atoms with E-state index in [1.807, 2.05) is 30.3 Å². The molecule has 0 aliphatic rings. The van der Waals surface area contributed by atoms with Crippen molar-refractivity contribution in [2.45, 2.75) is 6.61 Å². The maximum absolute atomic E-state index is 11.6. The highest BCUT2D eigenvalue weighted by Gasteiger charge is 2.11. The van der Waals surface area contributed by atoms with Crippen molar-refractivity contribution in [1.29, 1.82) is 0 Å². The van der Waals surface area contributed by atoms with E-state index in [2.05, 4.69) is 21.2 Å². The molecule has 0 fully saturated rings. The molecular weight excluding hydrogens is 402 g/mol. The van der Waals surface area contributed by atoms with Gasteiger partial charge >= 0.3 is 5.97 Å². The molecule has 2 aromatic carbocycles. The van der Waals surface area contributed by atoms with E-state index in [1.54, 1.807) is 18.2 Å². The average molecular weight is 420 g/mol. The zero-order chi connectivity index (χ0) is 18.9. The van der Waals surface area contributed by atoms with E-state index in [1.165, 1.54) is 13.2 Å². The van der Waals surface area contributed by atoms with Gasteiger partial charge in [-0.05, 0) is 45.3 Å². The first-order valence-electron chi connectivity index (χ1n) is 7.71. The number of amides is 1. The Hall–Kier alpha value is -2.80. The predicted molar refractivity (Wildman–Crippen MR) is 101 cm³/mol. The summed E-state index contributed by atoms with van der Waals surface area (Å²) in [5, 5.41) is 10.8. The molecule has 0 aromatic heterocycles. The number of aliphatic carboxylic acids is 1. The largest absolute Gasteiger partial charge is 0.493 e. The normalized spacial score (nSPS) is 10.5. The third kappa shape index (κ3) is 5.93. The molecule has 7 heteroatoms. The summed E-state index contributed by atoms with van der Waals surface area (Å²) in [6.07, 6.45) is 2.82. The molecule has 1 amide bonds.